The van der Waals surface area contributed by atoms with Crippen molar-refractivity contribution in [2.75, 3.05) is 6.61 Å². The molecule has 0 saturated carbocycles. The standard InChI is InChI=1S/C12H9Cl2FN2O/c1-2-18-8-5-3-7(4-6-8)12-16-10(13)9(15)11(14)17-12/h3-6H,2H2,1H3. The van der Waals surface area contributed by atoms with Gasteiger partial charge in [-0.1, -0.05) is 23.2 Å². The lowest BCUT2D eigenvalue weighted by Gasteiger charge is -2.05. The summed E-state index contributed by atoms with van der Waals surface area (Å²) < 4.78 is 18.5. The van der Waals surface area contributed by atoms with Gasteiger partial charge in [-0.15, -0.1) is 0 Å². The van der Waals surface area contributed by atoms with Crippen molar-refractivity contribution >= 4 is 23.2 Å². The lowest BCUT2D eigenvalue weighted by atomic mass is 10.2. The third-order valence-electron chi connectivity index (χ3n) is 2.19. The SMILES string of the molecule is CCOc1ccc(-c2nc(Cl)c(F)c(Cl)n2)cc1. The molecule has 94 valence electrons. The maximum atomic E-state index is 13.2. The first-order valence-corrected chi connectivity index (χ1v) is 5.99. The highest BCUT2D eigenvalue weighted by Crippen LogP contribution is 2.25. The number of hydrogen-bond acceptors (Lipinski definition) is 3. The predicted octanol–water partition coefficient (Wildman–Crippen LogP) is 3.99. The van der Waals surface area contributed by atoms with Crippen LogP contribution in [0.5, 0.6) is 5.75 Å². The number of halogens is 3. The summed E-state index contributed by atoms with van der Waals surface area (Å²) in [4.78, 5) is 7.67. The summed E-state index contributed by atoms with van der Waals surface area (Å²) in [6, 6.07) is 7.05. The van der Waals surface area contributed by atoms with Gasteiger partial charge in [0.25, 0.3) is 0 Å². The van der Waals surface area contributed by atoms with Crippen molar-refractivity contribution in [2.24, 2.45) is 0 Å². The van der Waals surface area contributed by atoms with Crippen LogP contribution < -0.4 is 4.74 Å². The maximum Gasteiger partial charge on any atom is 0.197 e. The zero-order valence-corrected chi connectivity index (χ0v) is 11.0. The molecule has 3 nitrogen and oxygen atoms in total. The zero-order valence-electron chi connectivity index (χ0n) is 9.45. The summed E-state index contributed by atoms with van der Waals surface area (Å²) in [5.41, 5.74) is 0.683. The van der Waals surface area contributed by atoms with Crippen LogP contribution in [0.15, 0.2) is 24.3 Å². The lowest BCUT2D eigenvalue weighted by Crippen LogP contribution is -1.95. The minimum absolute atomic E-state index is 0.273. The van der Waals surface area contributed by atoms with E-state index in [0.717, 1.165) is 5.75 Å². The number of hydrogen-bond donors (Lipinski definition) is 0. The van der Waals surface area contributed by atoms with E-state index in [1.54, 1.807) is 24.3 Å². The van der Waals surface area contributed by atoms with Crippen LogP contribution in [0.4, 0.5) is 4.39 Å². The van der Waals surface area contributed by atoms with Crippen molar-refractivity contribution in [1.29, 1.82) is 0 Å². The Morgan fingerprint density at radius 2 is 1.67 bits per heavy atom. The van der Waals surface area contributed by atoms with E-state index in [4.69, 9.17) is 27.9 Å². The fraction of sp³-hybridized carbons (Fsp3) is 0.167. The zero-order chi connectivity index (χ0) is 13.1. The Hall–Kier alpha value is -1.39. The van der Waals surface area contributed by atoms with Crippen molar-refractivity contribution in [1.82, 2.24) is 9.97 Å². The number of rotatable bonds is 3. The summed E-state index contributed by atoms with van der Waals surface area (Å²) in [6.07, 6.45) is 0. The van der Waals surface area contributed by atoms with Crippen LogP contribution in [0.3, 0.4) is 0 Å². The van der Waals surface area contributed by atoms with Gasteiger partial charge in [0.05, 0.1) is 6.61 Å². The largest absolute Gasteiger partial charge is 0.494 e. The molecule has 0 aliphatic rings. The highest BCUT2D eigenvalue weighted by Gasteiger charge is 2.12. The Kier molecular flexibility index (Phi) is 3.99. The second-order valence-electron chi connectivity index (χ2n) is 3.40. The van der Waals surface area contributed by atoms with Gasteiger partial charge in [-0.3, -0.25) is 0 Å². The third kappa shape index (κ3) is 2.71. The highest BCUT2D eigenvalue weighted by atomic mass is 35.5. The molecule has 0 unspecified atom stereocenters. The van der Waals surface area contributed by atoms with Gasteiger partial charge < -0.3 is 4.74 Å². The first kappa shape index (κ1) is 13.1. The molecule has 0 saturated heterocycles. The first-order valence-electron chi connectivity index (χ1n) is 5.23. The number of nitrogens with zero attached hydrogens (tertiary/aromatic N) is 2. The fourth-order valence-electron chi connectivity index (χ4n) is 1.39. The Morgan fingerprint density at radius 3 is 2.17 bits per heavy atom. The molecule has 0 radical (unpaired) electrons. The van der Waals surface area contributed by atoms with Crippen molar-refractivity contribution in [3.8, 4) is 17.1 Å². The van der Waals surface area contributed by atoms with Gasteiger partial charge in [-0.2, -0.15) is 0 Å². The summed E-state index contributed by atoms with van der Waals surface area (Å²) in [7, 11) is 0. The second-order valence-corrected chi connectivity index (χ2v) is 4.12. The van der Waals surface area contributed by atoms with E-state index in [0.29, 0.717) is 12.2 Å². The molecule has 1 heterocycles. The molecule has 2 rings (SSSR count). The molecule has 1 aromatic carbocycles. The van der Waals surface area contributed by atoms with E-state index in [-0.39, 0.29) is 16.1 Å². The van der Waals surface area contributed by atoms with E-state index in [1.165, 1.54) is 0 Å². The Balaban J connectivity index is 2.36. The molecule has 0 aliphatic carbocycles. The lowest BCUT2D eigenvalue weighted by molar-refractivity contribution is 0.340. The van der Waals surface area contributed by atoms with Crippen molar-refractivity contribution in [3.05, 3.63) is 40.4 Å². The van der Waals surface area contributed by atoms with Crippen molar-refractivity contribution < 1.29 is 9.13 Å². The molecule has 0 atom stereocenters. The van der Waals surface area contributed by atoms with E-state index in [9.17, 15) is 4.39 Å². The average Bonchev–Trinajstić information content (AvgIpc) is 2.37. The normalized spacial score (nSPS) is 10.4. The number of ether oxygens (including phenoxy) is 1. The van der Waals surface area contributed by atoms with Gasteiger partial charge in [0, 0.05) is 5.56 Å². The van der Waals surface area contributed by atoms with E-state index >= 15 is 0 Å². The quantitative estimate of drug-likeness (QED) is 0.801. The van der Waals surface area contributed by atoms with Gasteiger partial charge in [0.15, 0.2) is 21.9 Å². The molecule has 1 aromatic heterocycles. The molecule has 2 aromatic rings. The van der Waals surface area contributed by atoms with Crippen LogP contribution in [0.2, 0.25) is 10.3 Å². The minimum atomic E-state index is -0.812. The summed E-state index contributed by atoms with van der Waals surface area (Å²) in [5.74, 6) is 0.197. The maximum absolute atomic E-state index is 13.2. The molecule has 0 aliphatic heterocycles. The highest BCUT2D eigenvalue weighted by molar-refractivity contribution is 6.33. The van der Waals surface area contributed by atoms with E-state index in [1.807, 2.05) is 6.92 Å². The smallest absolute Gasteiger partial charge is 0.197 e. The van der Waals surface area contributed by atoms with Gasteiger partial charge in [-0.05, 0) is 31.2 Å². The van der Waals surface area contributed by atoms with Gasteiger partial charge >= 0.3 is 0 Å². The van der Waals surface area contributed by atoms with Gasteiger partial charge in [0.1, 0.15) is 5.75 Å². The Morgan fingerprint density at radius 1 is 1.11 bits per heavy atom. The van der Waals surface area contributed by atoms with Gasteiger partial charge in [-0.25, -0.2) is 14.4 Å². The second kappa shape index (κ2) is 5.50. The number of benzene rings is 1. The van der Waals surface area contributed by atoms with E-state index < -0.39 is 5.82 Å². The molecule has 0 fully saturated rings. The van der Waals surface area contributed by atoms with Crippen LogP contribution in [0.25, 0.3) is 11.4 Å². The van der Waals surface area contributed by atoms with Crippen LogP contribution in [0.1, 0.15) is 6.92 Å². The molecule has 6 heteroatoms. The van der Waals surface area contributed by atoms with Crippen LogP contribution >= 0.6 is 23.2 Å². The van der Waals surface area contributed by atoms with Crippen molar-refractivity contribution in [3.63, 3.8) is 0 Å². The first-order chi connectivity index (χ1) is 8.61. The van der Waals surface area contributed by atoms with Gasteiger partial charge in [0.2, 0.25) is 0 Å². The molecular weight excluding hydrogens is 278 g/mol. The monoisotopic (exact) mass is 286 g/mol. The summed E-state index contributed by atoms with van der Waals surface area (Å²) >= 11 is 11.2. The number of aromatic nitrogens is 2. The fourth-order valence-corrected chi connectivity index (χ4v) is 1.78. The molecule has 0 N–H and O–H groups in total. The summed E-state index contributed by atoms with van der Waals surface area (Å²) in [6.45, 7) is 2.49. The van der Waals surface area contributed by atoms with Crippen LogP contribution in [-0.2, 0) is 0 Å². The molecule has 0 spiro atoms. The molecule has 0 bridgehead atoms. The molecular formula is C12H9Cl2FN2O. The predicted molar refractivity (Wildman–Crippen MR) is 68.6 cm³/mol. The van der Waals surface area contributed by atoms with Crippen molar-refractivity contribution in [2.45, 2.75) is 6.92 Å². The molecule has 18 heavy (non-hydrogen) atoms. The topological polar surface area (TPSA) is 35.0 Å². The third-order valence-corrected chi connectivity index (χ3v) is 2.69. The Labute approximate surface area is 114 Å². The minimum Gasteiger partial charge on any atom is -0.494 e. The van der Waals surface area contributed by atoms with Crippen LogP contribution in [0, 0.1) is 5.82 Å². The summed E-state index contributed by atoms with van der Waals surface area (Å²) in [5, 5.41) is -0.585. The Bertz CT molecular complexity index is 537. The average molecular weight is 287 g/mol. The van der Waals surface area contributed by atoms with Crippen LogP contribution in [-0.4, -0.2) is 16.6 Å². The van der Waals surface area contributed by atoms with E-state index in [2.05, 4.69) is 9.97 Å². The molecule has 0 amide bonds.